The quantitative estimate of drug-likeness (QED) is 0.836. The van der Waals surface area contributed by atoms with Crippen LogP contribution in [0.2, 0.25) is 0 Å². The summed E-state index contributed by atoms with van der Waals surface area (Å²) in [5, 5.41) is 0. The summed E-state index contributed by atoms with van der Waals surface area (Å²) in [6.45, 7) is 4.16. The molecule has 3 rings (SSSR count). The summed E-state index contributed by atoms with van der Waals surface area (Å²) in [6.07, 6.45) is 4.66. The molecule has 0 saturated heterocycles. The summed E-state index contributed by atoms with van der Waals surface area (Å²) in [4.78, 5) is 4.78. The van der Waals surface area contributed by atoms with E-state index in [0.29, 0.717) is 5.92 Å². The molecule has 2 aromatic rings. The number of aryl methyl sites for hydroxylation is 1. The molecule has 1 saturated carbocycles. The normalized spacial score (nSPS) is 17.9. The van der Waals surface area contributed by atoms with Gasteiger partial charge in [0.1, 0.15) is 5.65 Å². The molecule has 2 heterocycles. The van der Waals surface area contributed by atoms with E-state index in [0.717, 1.165) is 11.2 Å². The molecule has 84 valence electrons. The standard InChI is InChI=1S/C13H17N3/c1-8(14)11-4-3-7-16-9(2)12(10-5-6-10)15-13(11)16/h3-4,7-8,10H,5-6,14H2,1-2H3. The van der Waals surface area contributed by atoms with Crippen molar-refractivity contribution in [1.29, 1.82) is 0 Å². The van der Waals surface area contributed by atoms with Gasteiger partial charge in [-0.05, 0) is 32.8 Å². The monoisotopic (exact) mass is 215 g/mol. The summed E-state index contributed by atoms with van der Waals surface area (Å²) in [5.41, 5.74) is 10.7. The molecular formula is C13H17N3. The van der Waals surface area contributed by atoms with Gasteiger partial charge in [-0.1, -0.05) is 6.07 Å². The molecule has 0 amide bonds. The maximum Gasteiger partial charge on any atom is 0.142 e. The molecule has 0 bridgehead atoms. The van der Waals surface area contributed by atoms with Crippen LogP contribution < -0.4 is 5.73 Å². The Bertz CT molecular complexity index is 535. The maximum absolute atomic E-state index is 5.98. The van der Waals surface area contributed by atoms with Crippen LogP contribution in [0.3, 0.4) is 0 Å². The second-order valence-corrected chi connectivity index (χ2v) is 4.80. The van der Waals surface area contributed by atoms with Crippen molar-refractivity contribution in [3.63, 3.8) is 0 Å². The molecule has 1 atom stereocenters. The van der Waals surface area contributed by atoms with Crippen LogP contribution >= 0.6 is 0 Å². The molecule has 1 fully saturated rings. The van der Waals surface area contributed by atoms with Crippen LogP contribution in [-0.4, -0.2) is 9.38 Å². The first-order valence-electron chi connectivity index (χ1n) is 5.91. The van der Waals surface area contributed by atoms with E-state index in [4.69, 9.17) is 10.7 Å². The van der Waals surface area contributed by atoms with Crippen molar-refractivity contribution in [2.75, 3.05) is 0 Å². The lowest BCUT2D eigenvalue weighted by Crippen LogP contribution is -2.07. The van der Waals surface area contributed by atoms with Gasteiger partial charge < -0.3 is 10.1 Å². The van der Waals surface area contributed by atoms with E-state index in [9.17, 15) is 0 Å². The van der Waals surface area contributed by atoms with E-state index in [1.165, 1.54) is 24.2 Å². The number of hydrogen-bond acceptors (Lipinski definition) is 2. The molecular weight excluding hydrogens is 198 g/mol. The Morgan fingerprint density at radius 3 is 2.88 bits per heavy atom. The van der Waals surface area contributed by atoms with Gasteiger partial charge >= 0.3 is 0 Å². The highest BCUT2D eigenvalue weighted by atomic mass is 15.0. The Balaban J connectivity index is 2.27. The number of imidazole rings is 1. The summed E-state index contributed by atoms with van der Waals surface area (Å²) in [6, 6.07) is 4.16. The third-order valence-electron chi connectivity index (χ3n) is 3.41. The number of aromatic nitrogens is 2. The van der Waals surface area contributed by atoms with Crippen LogP contribution in [0.1, 0.15) is 48.7 Å². The smallest absolute Gasteiger partial charge is 0.142 e. The summed E-state index contributed by atoms with van der Waals surface area (Å²) in [5.74, 6) is 0.695. The van der Waals surface area contributed by atoms with Gasteiger partial charge in [0.15, 0.2) is 0 Å². The molecule has 3 heteroatoms. The third-order valence-corrected chi connectivity index (χ3v) is 3.41. The lowest BCUT2D eigenvalue weighted by Gasteiger charge is -2.06. The Labute approximate surface area is 95.3 Å². The minimum absolute atomic E-state index is 0.0394. The first kappa shape index (κ1) is 9.85. The minimum Gasteiger partial charge on any atom is -0.324 e. The first-order chi connectivity index (χ1) is 7.68. The maximum atomic E-state index is 5.98. The summed E-state index contributed by atoms with van der Waals surface area (Å²) < 4.78 is 2.17. The fourth-order valence-corrected chi connectivity index (χ4v) is 2.32. The zero-order chi connectivity index (χ0) is 11.3. The molecule has 2 aromatic heterocycles. The topological polar surface area (TPSA) is 43.3 Å². The fraction of sp³-hybridized carbons (Fsp3) is 0.462. The van der Waals surface area contributed by atoms with E-state index in [1.54, 1.807) is 0 Å². The van der Waals surface area contributed by atoms with Gasteiger partial charge in [0, 0.05) is 29.4 Å². The van der Waals surface area contributed by atoms with E-state index in [-0.39, 0.29) is 6.04 Å². The van der Waals surface area contributed by atoms with Crippen molar-refractivity contribution < 1.29 is 0 Å². The first-order valence-corrected chi connectivity index (χ1v) is 5.91. The van der Waals surface area contributed by atoms with Gasteiger partial charge in [-0.15, -0.1) is 0 Å². The van der Waals surface area contributed by atoms with Crippen LogP contribution in [-0.2, 0) is 0 Å². The highest BCUT2D eigenvalue weighted by molar-refractivity contribution is 5.53. The molecule has 2 N–H and O–H groups in total. The van der Waals surface area contributed by atoms with Crippen molar-refractivity contribution in [1.82, 2.24) is 9.38 Å². The minimum atomic E-state index is 0.0394. The molecule has 0 spiro atoms. The van der Waals surface area contributed by atoms with Gasteiger partial charge in [-0.25, -0.2) is 4.98 Å². The Morgan fingerprint density at radius 1 is 1.50 bits per heavy atom. The average molecular weight is 215 g/mol. The predicted octanol–water partition coefficient (Wildman–Crippen LogP) is 2.54. The van der Waals surface area contributed by atoms with E-state index < -0.39 is 0 Å². The van der Waals surface area contributed by atoms with Crippen LogP contribution in [0.15, 0.2) is 18.3 Å². The van der Waals surface area contributed by atoms with Crippen molar-refractivity contribution in [3.05, 3.63) is 35.3 Å². The molecule has 0 radical (unpaired) electrons. The summed E-state index contributed by atoms with van der Waals surface area (Å²) in [7, 11) is 0. The lowest BCUT2D eigenvalue weighted by atomic mass is 10.1. The zero-order valence-corrected chi connectivity index (χ0v) is 9.77. The van der Waals surface area contributed by atoms with Crippen molar-refractivity contribution in [2.45, 2.75) is 38.6 Å². The average Bonchev–Trinajstić information content (AvgIpc) is 3.04. The van der Waals surface area contributed by atoms with Gasteiger partial charge in [0.05, 0.1) is 5.69 Å². The van der Waals surface area contributed by atoms with E-state index in [1.807, 2.05) is 6.92 Å². The Hall–Kier alpha value is -1.35. The van der Waals surface area contributed by atoms with Crippen LogP contribution in [0, 0.1) is 6.92 Å². The number of nitrogens with two attached hydrogens (primary N) is 1. The number of rotatable bonds is 2. The van der Waals surface area contributed by atoms with Gasteiger partial charge in [-0.3, -0.25) is 0 Å². The van der Waals surface area contributed by atoms with E-state index in [2.05, 4.69) is 29.7 Å². The molecule has 3 nitrogen and oxygen atoms in total. The number of nitrogens with zero attached hydrogens (tertiary/aromatic N) is 2. The lowest BCUT2D eigenvalue weighted by molar-refractivity contribution is 0.815. The molecule has 1 aliphatic rings. The zero-order valence-electron chi connectivity index (χ0n) is 9.77. The third kappa shape index (κ3) is 1.35. The van der Waals surface area contributed by atoms with Crippen molar-refractivity contribution in [2.24, 2.45) is 5.73 Å². The predicted molar refractivity (Wildman–Crippen MR) is 64.5 cm³/mol. The number of hydrogen-bond donors (Lipinski definition) is 1. The highest BCUT2D eigenvalue weighted by Gasteiger charge is 2.29. The molecule has 1 unspecified atom stereocenters. The Morgan fingerprint density at radius 2 is 2.25 bits per heavy atom. The van der Waals surface area contributed by atoms with Crippen LogP contribution in [0.5, 0.6) is 0 Å². The largest absolute Gasteiger partial charge is 0.324 e. The second-order valence-electron chi connectivity index (χ2n) is 4.80. The fourth-order valence-electron chi connectivity index (χ4n) is 2.32. The molecule has 0 aromatic carbocycles. The highest BCUT2D eigenvalue weighted by Crippen LogP contribution is 2.41. The molecule has 1 aliphatic carbocycles. The van der Waals surface area contributed by atoms with Crippen molar-refractivity contribution in [3.8, 4) is 0 Å². The van der Waals surface area contributed by atoms with Gasteiger partial charge in [0.25, 0.3) is 0 Å². The van der Waals surface area contributed by atoms with Crippen molar-refractivity contribution >= 4 is 5.65 Å². The summed E-state index contributed by atoms with van der Waals surface area (Å²) >= 11 is 0. The second kappa shape index (κ2) is 3.32. The Kier molecular flexibility index (Phi) is 2.04. The van der Waals surface area contributed by atoms with Crippen LogP contribution in [0.4, 0.5) is 0 Å². The van der Waals surface area contributed by atoms with Crippen LogP contribution in [0.25, 0.3) is 5.65 Å². The van der Waals surface area contributed by atoms with Gasteiger partial charge in [0.2, 0.25) is 0 Å². The SMILES string of the molecule is Cc1c(C2CC2)nc2c(C(C)N)cccn12. The number of fused-ring (bicyclic) bond motifs is 1. The number of pyridine rings is 1. The molecule has 16 heavy (non-hydrogen) atoms. The van der Waals surface area contributed by atoms with Gasteiger partial charge in [-0.2, -0.15) is 0 Å². The van der Waals surface area contributed by atoms with E-state index >= 15 is 0 Å². The molecule has 0 aliphatic heterocycles.